The maximum Gasteiger partial charge on any atom is 0.140 e. The standard InChI is InChI=1S/C13H20N2OS/c1-4-13(5-2,16-3)12-14-10(9-6-7-9)8-11(17)15-12/h8-9H,4-7H2,1-3H3,(H,14,15,17). The summed E-state index contributed by atoms with van der Waals surface area (Å²) in [5.41, 5.74) is 0.904. The van der Waals surface area contributed by atoms with Crippen molar-refractivity contribution in [3.8, 4) is 0 Å². The maximum absolute atomic E-state index is 5.69. The number of rotatable bonds is 5. The number of aromatic nitrogens is 2. The molecule has 17 heavy (non-hydrogen) atoms. The van der Waals surface area contributed by atoms with Crippen molar-refractivity contribution in [3.05, 3.63) is 22.2 Å². The van der Waals surface area contributed by atoms with Crippen LogP contribution in [0, 0.1) is 4.64 Å². The van der Waals surface area contributed by atoms with Crippen molar-refractivity contribution in [1.29, 1.82) is 0 Å². The molecule has 1 N–H and O–H groups in total. The quantitative estimate of drug-likeness (QED) is 0.812. The molecule has 0 unspecified atom stereocenters. The molecule has 0 aromatic carbocycles. The zero-order valence-corrected chi connectivity index (χ0v) is 11.6. The first kappa shape index (κ1) is 12.7. The minimum Gasteiger partial charge on any atom is -0.370 e. The molecular weight excluding hydrogens is 232 g/mol. The van der Waals surface area contributed by atoms with Gasteiger partial charge in [-0.05, 0) is 37.7 Å². The summed E-state index contributed by atoms with van der Waals surface area (Å²) in [6.45, 7) is 4.24. The van der Waals surface area contributed by atoms with Crippen molar-refractivity contribution in [2.75, 3.05) is 7.11 Å². The van der Waals surface area contributed by atoms with Crippen LogP contribution in [0.15, 0.2) is 6.07 Å². The highest BCUT2D eigenvalue weighted by Gasteiger charge is 2.32. The van der Waals surface area contributed by atoms with Crippen LogP contribution in [0.1, 0.15) is 57.0 Å². The average molecular weight is 252 g/mol. The summed E-state index contributed by atoms with van der Waals surface area (Å²) < 4.78 is 6.36. The van der Waals surface area contributed by atoms with E-state index in [0.717, 1.165) is 18.7 Å². The van der Waals surface area contributed by atoms with Crippen LogP contribution < -0.4 is 0 Å². The molecule has 1 saturated carbocycles. The van der Waals surface area contributed by atoms with Gasteiger partial charge in [0.05, 0.1) is 0 Å². The first-order valence-corrected chi connectivity index (χ1v) is 6.73. The Morgan fingerprint density at radius 2 is 2.12 bits per heavy atom. The molecule has 94 valence electrons. The number of aromatic amines is 1. The Balaban J connectivity index is 2.45. The average Bonchev–Trinajstić information content (AvgIpc) is 3.15. The molecule has 1 aromatic rings. The Morgan fingerprint density at radius 1 is 1.47 bits per heavy atom. The molecule has 0 saturated heterocycles. The van der Waals surface area contributed by atoms with Gasteiger partial charge in [-0.3, -0.25) is 0 Å². The fourth-order valence-corrected chi connectivity index (χ4v) is 2.49. The summed E-state index contributed by atoms with van der Waals surface area (Å²) in [7, 11) is 1.75. The fourth-order valence-electron chi connectivity index (χ4n) is 2.28. The highest BCUT2D eigenvalue weighted by atomic mass is 32.1. The zero-order valence-electron chi connectivity index (χ0n) is 10.7. The van der Waals surface area contributed by atoms with Gasteiger partial charge in [-0.25, -0.2) is 4.98 Å². The summed E-state index contributed by atoms with van der Waals surface area (Å²) >= 11 is 5.26. The molecule has 2 rings (SSSR count). The summed E-state index contributed by atoms with van der Waals surface area (Å²) in [6.07, 6.45) is 4.30. The number of nitrogens with zero attached hydrogens (tertiary/aromatic N) is 1. The third-order valence-corrected chi connectivity index (χ3v) is 3.95. The molecule has 0 spiro atoms. The Morgan fingerprint density at radius 3 is 2.59 bits per heavy atom. The molecule has 1 aromatic heterocycles. The van der Waals surface area contributed by atoms with E-state index in [1.54, 1.807) is 7.11 Å². The second kappa shape index (κ2) is 4.86. The smallest absolute Gasteiger partial charge is 0.140 e. The largest absolute Gasteiger partial charge is 0.370 e. The third-order valence-electron chi connectivity index (χ3n) is 3.75. The molecule has 1 aliphatic rings. The van der Waals surface area contributed by atoms with Crippen LogP contribution in [0.4, 0.5) is 0 Å². The van der Waals surface area contributed by atoms with Gasteiger partial charge in [-0.2, -0.15) is 0 Å². The summed E-state index contributed by atoms with van der Waals surface area (Å²) in [5.74, 6) is 1.54. The van der Waals surface area contributed by atoms with Crippen LogP contribution in [0.3, 0.4) is 0 Å². The van der Waals surface area contributed by atoms with Crippen LogP contribution >= 0.6 is 12.2 Å². The van der Waals surface area contributed by atoms with Crippen LogP contribution in [0.2, 0.25) is 0 Å². The van der Waals surface area contributed by atoms with Crippen molar-refractivity contribution in [2.45, 2.75) is 51.0 Å². The molecule has 1 heterocycles. The lowest BCUT2D eigenvalue weighted by atomic mass is 9.96. The zero-order chi connectivity index (χ0) is 12.5. The van der Waals surface area contributed by atoms with Crippen molar-refractivity contribution in [2.24, 2.45) is 0 Å². The number of methoxy groups -OCH3 is 1. The van der Waals surface area contributed by atoms with Crippen molar-refractivity contribution < 1.29 is 4.74 Å². The van der Waals surface area contributed by atoms with Gasteiger partial charge in [0.25, 0.3) is 0 Å². The van der Waals surface area contributed by atoms with E-state index in [1.165, 1.54) is 18.5 Å². The second-order valence-corrected chi connectivity index (χ2v) is 5.12. The van der Waals surface area contributed by atoms with Gasteiger partial charge in [-0.15, -0.1) is 0 Å². The summed E-state index contributed by atoms with van der Waals surface area (Å²) in [5, 5.41) is 0. The van der Waals surface area contributed by atoms with Gasteiger partial charge in [0.2, 0.25) is 0 Å². The van der Waals surface area contributed by atoms with Gasteiger partial charge in [-0.1, -0.05) is 26.1 Å². The molecule has 0 radical (unpaired) electrons. The van der Waals surface area contributed by atoms with E-state index < -0.39 is 0 Å². The summed E-state index contributed by atoms with van der Waals surface area (Å²) in [6, 6.07) is 1.99. The van der Waals surface area contributed by atoms with E-state index in [-0.39, 0.29) is 5.60 Å². The molecule has 0 aliphatic heterocycles. The van der Waals surface area contributed by atoms with Crippen LogP contribution in [-0.4, -0.2) is 17.1 Å². The maximum atomic E-state index is 5.69. The predicted molar refractivity (Wildman–Crippen MR) is 70.7 cm³/mol. The van der Waals surface area contributed by atoms with E-state index in [4.69, 9.17) is 17.0 Å². The van der Waals surface area contributed by atoms with Crippen LogP contribution in [0.25, 0.3) is 0 Å². The van der Waals surface area contributed by atoms with Crippen molar-refractivity contribution in [1.82, 2.24) is 9.97 Å². The number of hydrogen-bond donors (Lipinski definition) is 1. The van der Waals surface area contributed by atoms with Gasteiger partial charge in [0.15, 0.2) is 0 Å². The van der Waals surface area contributed by atoms with E-state index in [1.807, 2.05) is 6.07 Å². The van der Waals surface area contributed by atoms with Gasteiger partial charge >= 0.3 is 0 Å². The normalized spacial score (nSPS) is 16.2. The lowest BCUT2D eigenvalue weighted by molar-refractivity contribution is -0.0294. The van der Waals surface area contributed by atoms with Gasteiger partial charge in [0.1, 0.15) is 16.1 Å². The highest BCUT2D eigenvalue weighted by molar-refractivity contribution is 7.71. The highest BCUT2D eigenvalue weighted by Crippen LogP contribution is 2.40. The van der Waals surface area contributed by atoms with Crippen LogP contribution in [0.5, 0.6) is 0 Å². The first-order chi connectivity index (χ1) is 8.15. The Labute approximate surface area is 108 Å². The monoisotopic (exact) mass is 252 g/mol. The number of ether oxygens (including phenoxy) is 1. The molecule has 0 amide bonds. The van der Waals surface area contributed by atoms with E-state index in [9.17, 15) is 0 Å². The van der Waals surface area contributed by atoms with Crippen LogP contribution in [-0.2, 0) is 10.3 Å². The SMILES string of the molecule is CCC(CC)(OC)c1nc(=S)cc(C2CC2)[nH]1. The lowest BCUT2D eigenvalue weighted by Gasteiger charge is -2.29. The van der Waals surface area contributed by atoms with Gasteiger partial charge < -0.3 is 9.72 Å². The Hall–Kier alpha value is -0.740. The number of H-pyrrole nitrogens is 1. The van der Waals surface area contributed by atoms with Crippen molar-refractivity contribution in [3.63, 3.8) is 0 Å². The molecule has 3 nitrogen and oxygen atoms in total. The Bertz CT molecular complexity index is 439. The molecule has 0 atom stereocenters. The number of nitrogens with one attached hydrogen (secondary N) is 1. The number of hydrogen-bond acceptors (Lipinski definition) is 3. The molecule has 1 fully saturated rings. The minimum atomic E-state index is -0.321. The predicted octanol–water partition coefficient (Wildman–Crippen LogP) is 3.68. The molecular formula is C13H20N2OS. The Kier molecular flexibility index (Phi) is 3.64. The molecule has 1 aliphatic carbocycles. The first-order valence-electron chi connectivity index (χ1n) is 6.32. The topological polar surface area (TPSA) is 37.9 Å². The summed E-state index contributed by atoms with van der Waals surface area (Å²) in [4.78, 5) is 7.90. The lowest BCUT2D eigenvalue weighted by Crippen LogP contribution is -2.29. The minimum absolute atomic E-state index is 0.321. The van der Waals surface area contributed by atoms with Gasteiger partial charge in [0, 0.05) is 12.8 Å². The van der Waals surface area contributed by atoms with E-state index in [0.29, 0.717) is 10.6 Å². The third kappa shape index (κ3) is 2.43. The van der Waals surface area contributed by atoms with Crippen molar-refractivity contribution >= 4 is 12.2 Å². The van der Waals surface area contributed by atoms with E-state index in [2.05, 4.69) is 23.8 Å². The van der Waals surface area contributed by atoms with E-state index >= 15 is 0 Å². The molecule has 4 heteroatoms. The fraction of sp³-hybridized carbons (Fsp3) is 0.692. The molecule has 0 bridgehead atoms. The second-order valence-electron chi connectivity index (χ2n) is 4.70.